The van der Waals surface area contributed by atoms with Gasteiger partial charge in [-0.2, -0.15) is 18.4 Å². The highest BCUT2D eigenvalue weighted by molar-refractivity contribution is 6.34. The third kappa shape index (κ3) is 4.95. The molecule has 2 aromatic carbocycles. The molecule has 0 bridgehead atoms. The Morgan fingerprint density at radius 2 is 1.84 bits per heavy atom. The van der Waals surface area contributed by atoms with Gasteiger partial charge in [-0.1, -0.05) is 35.9 Å². The van der Waals surface area contributed by atoms with Crippen molar-refractivity contribution >= 4 is 28.9 Å². The molecule has 31 heavy (non-hydrogen) atoms. The van der Waals surface area contributed by atoms with Gasteiger partial charge in [0, 0.05) is 6.20 Å². The quantitative estimate of drug-likeness (QED) is 0.517. The van der Waals surface area contributed by atoms with Crippen LogP contribution >= 0.6 is 11.6 Å². The smallest absolute Gasteiger partial charge is 0.417 e. The summed E-state index contributed by atoms with van der Waals surface area (Å²) in [4.78, 5) is 17.9. The van der Waals surface area contributed by atoms with Crippen molar-refractivity contribution in [1.82, 2.24) is 4.98 Å². The van der Waals surface area contributed by atoms with E-state index in [2.05, 4.69) is 4.98 Å². The van der Waals surface area contributed by atoms with Crippen LogP contribution in [0.3, 0.4) is 0 Å². The van der Waals surface area contributed by atoms with Crippen molar-refractivity contribution in [3.63, 3.8) is 0 Å². The normalized spacial score (nSPS) is 11.0. The monoisotopic (exact) mass is 445 g/mol. The molecule has 0 spiro atoms. The number of ether oxygens (including phenoxy) is 1. The van der Waals surface area contributed by atoms with Gasteiger partial charge in [-0.25, -0.2) is 4.98 Å². The first-order chi connectivity index (χ1) is 14.7. The Balaban J connectivity index is 2.12. The lowest BCUT2D eigenvalue weighted by atomic mass is 10.1. The number of methoxy groups -OCH3 is 1. The summed E-state index contributed by atoms with van der Waals surface area (Å²) in [6, 6.07) is 15.3. The van der Waals surface area contributed by atoms with Gasteiger partial charge in [0.25, 0.3) is 0 Å². The summed E-state index contributed by atoms with van der Waals surface area (Å²) in [5.74, 6) is 0.00361. The summed E-state index contributed by atoms with van der Waals surface area (Å²) in [5, 5.41) is 9.56. The Morgan fingerprint density at radius 1 is 1.16 bits per heavy atom. The van der Waals surface area contributed by atoms with E-state index < -0.39 is 17.6 Å². The van der Waals surface area contributed by atoms with E-state index in [4.69, 9.17) is 16.3 Å². The summed E-state index contributed by atoms with van der Waals surface area (Å²) < 4.78 is 45.0. The molecule has 0 atom stereocenters. The van der Waals surface area contributed by atoms with Gasteiger partial charge in [0.15, 0.2) is 5.69 Å². The number of benzene rings is 2. The molecular weight excluding hydrogens is 431 g/mol. The van der Waals surface area contributed by atoms with Crippen LogP contribution in [0.4, 0.5) is 24.5 Å². The van der Waals surface area contributed by atoms with Crippen LogP contribution in [-0.2, 0) is 17.4 Å². The lowest BCUT2D eigenvalue weighted by molar-refractivity contribution is -0.137. The van der Waals surface area contributed by atoms with Gasteiger partial charge in [-0.05, 0) is 35.9 Å². The van der Waals surface area contributed by atoms with Crippen molar-refractivity contribution in [2.24, 2.45) is 0 Å². The Labute approximate surface area is 181 Å². The molecule has 0 aliphatic rings. The largest absolute Gasteiger partial charge is 0.497 e. The molecule has 1 amide bonds. The molecule has 3 aromatic rings. The number of nitriles is 1. The maximum Gasteiger partial charge on any atom is 0.417 e. The molecule has 1 aromatic heterocycles. The molecule has 0 fully saturated rings. The zero-order valence-electron chi connectivity index (χ0n) is 16.2. The molecule has 0 saturated carbocycles. The SMILES string of the molecule is COc1ccc(CC(=O)N(c2ccccc2Cl)c2cc(C(F)(F)F)cnc2C#N)cc1. The number of anilines is 2. The molecule has 1 heterocycles. The van der Waals surface area contributed by atoms with Gasteiger partial charge < -0.3 is 4.74 Å². The molecule has 0 unspecified atom stereocenters. The molecule has 9 heteroatoms. The number of para-hydroxylation sites is 1. The third-order valence-corrected chi connectivity index (χ3v) is 4.72. The molecule has 0 aliphatic carbocycles. The minimum absolute atomic E-state index is 0.131. The number of aromatic nitrogens is 1. The highest BCUT2D eigenvalue weighted by atomic mass is 35.5. The fourth-order valence-electron chi connectivity index (χ4n) is 2.89. The van der Waals surface area contributed by atoms with E-state index >= 15 is 0 Å². The van der Waals surface area contributed by atoms with Crippen molar-refractivity contribution in [3.05, 3.63) is 82.6 Å². The molecule has 0 N–H and O–H groups in total. The van der Waals surface area contributed by atoms with E-state index in [1.165, 1.54) is 19.2 Å². The zero-order chi connectivity index (χ0) is 22.6. The molecule has 5 nitrogen and oxygen atoms in total. The van der Waals surface area contributed by atoms with Crippen LogP contribution in [0.15, 0.2) is 60.8 Å². The molecule has 0 saturated heterocycles. The van der Waals surface area contributed by atoms with Crippen molar-refractivity contribution in [1.29, 1.82) is 5.26 Å². The van der Waals surface area contributed by atoms with E-state index in [1.807, 2.05) is 0 Å². The number of hydrogen-bond acceptors (Lipinski definition) is 4. The van der Waals surface area contributed by atoms with E-state index in [0.29, 0.717) is 17.5 Å². The van der Waals surface area contributed by atoms with Crippen LogP contribution in [-0.4, -0.2) is 18.0 Å². The van der Waals surface area contributed by atoms with Gasteiger partial charge in [0.1, 0.15) is 11.8 Å². The van der Waals surface area contributed by atoms with Crippen molar-refractivity contribution in [3.8, 4) is 11.8 Å². The van der Waals surface area contributed by atoms with Gasteiger partial charge >= 0.3 is 6.18 Å². The molecular formula is C22H15ClF3N3O2. The predicted molar refractivity (Wildman–Crippen MR) is 109 cm³/mol. The van der Waals surface area contributed by atoms with Crippen LogP contribution in [0, 0.1) is 11.3 Å². The average molecular weight is 446 g/mol. The number of carbonyl (C=O) groups is 1. The number of nitrogens with zero attached hydrogens (tertiary/aromatic N) is 3. The fraction of sp³-hybridized carbons (Fsp3) is 0.136. The summed E-state index contributed by atoms with van der Waals surface area (Å²) >= 11 is 6.24. The average Bonchev–Trinajstić information content (AvgIpc) is 2.75. The lowest BCUT2D eigenvalue weighted by Gasteiger charge is -2.25. The lowest BCUT2D eigenvalue weighted by Crippen LogP contribution is -2.29. The highest BCUT2D eigenvalue weighted by Gasteiger charge is 2.34. The second-order valence-corrected chi connectivity index (χ2v) is 6.81. The first-order valence-electron chi connectivity index (χ1n) is 8.92. The van der Waals surface area contributed by atoms with Crippen molar-refractivity contribution in [2.75, 3.05) is 12.0 Å². The Hall–Kier alpha value is -3.57. The van der Waals surface area contributed by atoms with Crippen LogP contribution in [0.2, 0.25) is 5.02 Å². The van der Waals surface area contributed by atoms with Gasteiger partial charge in [0.05, 0.1) is 35.5 Å². The Morgan fingerprint density at radius 3 is 2.42 bits per heavy atom. The summed E-state index contributed by atoms with van der Waals surface area (Å²) in [5.41, 5.74) is -0.989. The third-order valence-electron chi connectivity index (χ3n) is 4.40. The minimum Gasteiger partial charge on any atom is -0.497 e. The number of carbonyl (C=O) groups excluding carboxylic acids is 1. The second kappa shape index (κ2) is 9.06. The van der Waals surface area contributed by atoms with E-state index in [-0.39, 0.29) is 28.5 Å². The maximum atomic E-state index is 13.3. The van der Waals surface area contributed by atoms with Crippen LogP contribution in [0.1, 0.15) is 16.8 Å². The number of rotatable bonds is 5. The van der Waals surface area contributed by atoms with Crippen LogP contribution in [0.5, 0.6) is 5.75 Å². The standard InChI is InChI=1S/C22H15ClF3N3O2/c1-31-16-8-6-14(7-9-16)10-21(30)29(19-5-3-2-4-17(19)23)20-11-15(22(24,25)26)13-28-18(20)12-27/h2-9,11,13H,10H2,1H3. The maximum absolute atomic E-state index is 13.3. The number of hydrogen-bond donors (Lipinski definition) is 0. The molecule has 3 rings (SSSR count). The second-order valence-electron chi connectivity index (χ2n) is 6.41. The number of amides is 1. The van der Waals surface area contributed by atoms with Gasteiger partial charge in [-0.15, -0.1) is 0 Å². The first kappa shape index (κ1) is 22.1. The summed E-state index contributed by atoms with van der Waals surface area (Å²) in [6.07, 6.45) is -4.31. The Bertz CT molecular complexity index is 1140. The van der Waals surface area contributed by atoms with Crippen LogP contribution in [0.25, 0.3) is 0 Å². The summed E-state index contributed by atoms with van der Waals surface area (Å²) in [7, 11) is 1.50. The van der Waals surface area contributed by atoms with E-state index in [0.717, 1.165) is 11.0 Å². The van der Waals surface area contributed by atoms with E-state index in [1.54, 1.807) is 42.5 Å². The Kier molecular flexibility index (Phi) is 6.47. The predicted octanol–water partition coefficient (Wildman–Crippen LogP) is 5.54. The molecule has 0 aliphatic heterocycles. The topological polar surface area (TPSA) is 66.2 Å². The van der Waals surface area contributed by atoms with Crippen molar-refractivity contribution < 1.29 is 22.7 Å². The van der Waals surface area contributed by atoms with Crippen LogP contribution < -0.4 is 9.64 Å². The number of pyridine rings is 1. The molecule has 158 valence electrons. The number of halogens is 4. The highest BCUT2D eigenvalue weighted by Crippen LogP contribution is 2.37. The van der Waals surface area contributed by atoms with Gasteiger partial charge in [0.2, 0.25) is 5.91 Å². The summed E-state index contributed by atoms with van der Waals surface area (Å²) in [6.45, 7) is 0. The fourth-order valence-corrected chi connectivity index (χ4v) is 3.11. The molecule has 0 radical (unpaired) electrons. The first-order valence-corrected chi connectivity index (χ1v) is 9.30. The van der Waals surface area contributed by atoms with E-state index in [9.17, 15) is 23.2 Å². The van der Waals surface area contributed by atoms with Crippen molar-refractivity contribution in [2.45, 2.75) is 12.6 Å². The van der Waals surface area contributed by atoms with Gasteiger partial charge in [-0.3, -0.25) is 9.69 Å². The minimum atomic E-state index is -4.71. The zero-order valence-corrected chi connectivity index (χ0v) is 16.9. The number of alkyl halides is 3.